The fraction of sp³-hybridized carbons (Fsp3) is 0.800. The van der Waals surface area contributed by atoms with Gasteiger partial charge in [-0.3, -0.25) is 0 Å². The number of para-hydroxylation sites is 1. The predicted octanol–water partition coefficient (Wildman–Crippen LogP) is 10.7. The molecule has 0 unspecified atom stereocenters. The Bertz CT molecular complexity index is 556. The van der Waals surface area contributed by atoms with Gasteiger partial charge < -0.3 is 13.6 Å². The Balaban J connectivity index is 2.51. The summed E-state index contributed by atoms with van der Waals surface area (Å²) in [5, 5.41) is 0. The minimum absolute atomic E-state index is 0.719. The van der Waals surface area contributed by atoms with Crippen LogP contribution < -0.4 is 4.52 Å². The quantitative estimate of drug-likeness (QED) is 0.112. The van der Waals surface area contributed by atoms with Crippen LogP contribution in [0.25, 0.3) is 0 Å². The van der Waals surface area contributed by atoms with Crippen molar-refractivity contribution in [2.24, 2.45) is 11.8 Å². The van der Waals surface area contributed by atoms with Crippen molar-refractivity contribution < 1.29 is 13.6 Å². The number of hydrogen-bond acceptors (Lipinski definition) is 3. The SMILES string of the molecule is CCCCCCCCc1ccccc1OP(OCCCCCC(C)C)OCCCCCC(C)C. The van der Waals surface area contributed by atoms with Crippen LogP contribution in [0.3, 0.4) is 0 Å². The molecule has 34 heavy (non-hydrogen) atoms. The highest BCUT2D eigenvalue weighted by Gasteiger charge is 2.17. The first-order chi connectivity index (χ1) is 16.5. The van der Waals surface area contributed by atoms with Crippen LogP contribution in [-0.2, 0) is 15.5 Å². The second-order valence-electron chi connectivity index (χ2n) is 10.6. The van der Waals surface area contributed by atoms with Crippen LogP contribution in [0.1, 0.15) is 130 Å². The molecule has 0 saturated carbocycles. The van der Waals surface area contributed by atoms with Gasteiger partial charge in [0, 0.05) is 0 Å². The van der Waals surface area contributed by atoms with E-state index in [9.17, 15) is 0 Å². The number of unbranched alkanes of at least 4 members (excludes halogenated alkanes) is 9. The molecule has 1 aromatic rings. The molecule has 0 aliphatic carbocycles. The van der Waals surface area contributed by atoms with Gasteiger partial charge in [-0.2, -0.15) is 0 Å². The molecule has 0 spiro atoms. The molecule has 0 aromatic heterocycles. The minimum atomic E-state index is -1.35. The average molecular weight is 495 g/mol. The zero-order valence-corrected chi connectivity index (χ0v) is 24.1. The van der Waals surface area contributed by atoms with Crippen LogP contribution >= 0.6 is 8.60 Å². The average Bonchev–Trinajstić information content (AvgIpc) is 2.81. The monoisotopic (exact) mass is 494 g/mol. The summed E-state index contributed by atoms with van der Waals surface area (Å²) in [4.78, 5) is 0. The molecule has 0 aliphatic rings. The summed E-state index contributed by atoms with van der Waals surface area (Å²) in [6, 6.07) is 8.46. The van der Waals surface area contributed by atoms with E-state index in [-0.39, 0.29) is 0 Å². The molecule has 3 nitrogen and oxygen atoms in total. The van der Waals surface area contributed by atoms with Gasteiger partial charge in [0.2, 0.25) is 0 Å². The van der Waals surface area contributed by atoms with Crippen molar-refractivity contribution in [2.45, 2.75) is 131 Å². The molecule has 0 aliphatic heterocycles. The molecule has 0 N–H and O–H groups in total. The van der Waals surface area contributed by atoms with Gasteiger partial charge in [0.15, 0.2) is 0 Å². The third-order valence-corrected chi connectivity index (χ3v) is 7.32. The molecule has 4 heteroatoms. The van der Waals surface area contributed by atoms with Crippen LogP contribution in [0.2, 0.25) is 0 Å². The first-order valence-corrected chi connectivity index (χ1v) is 15.4. The Morgan fingerprint density at radius 2 is 1.18 bits per heavy atom. The summed E-state index contributed by atoms with van der Waals surface area (Å²) in [5.41, 5.74) is 1.28. The van der Waals surface area contributed by atoms with E-state index in [1.54, 1.807) is 0 Å². The van der Waals surface area contributed by atoms with E-state index in [1.165, 1.54) is 82.6 Å². The third kappa shape index (κ3) is 17.8. The topological polar surface area (TPSA) is 27.7 Å². The molecule has 1 rings (SSSR count). The Morgan fingerprint density at radius 1 is 0.647 bits per heavy atom. The molecule has 1 aromatic carbocycles. The van der Waals surface area contributed by atoms with E-state index in [4.69, 9.17) is 13.6 Å². The largest absolute Gasteiger partial charge is 0.426 e. The lowest BCUT2D eigenvalue weighted by atomic mass is 10.0. The Morgan fingerprint density at radius 3 is 1.76 bits per heavy atom. The van der Waals surface area contributed by atoms with Gasteiger partial charge in [0.25, 0.3) is 0 Å². The first-order valence-electron chi connectivity index (χ1n) is 14.3. The molecule has 0 saturated heterocycles. The zero-order chi connectivity index (χ0) is 24.9. The maximum atomic E-state index is 6.35. The molecule has 0 bridgehead atoms. The van der Waals surface area contributed by atoms with Crippen molar-refractivity contribution in [3.8, 4) is 5.75 Å². The van der Waals surface area contributed by atoms with Crippen molar-refractivity contribution >= 4 is 8.60 Å². The van der Waals surface area contributed by atoms with E-state index in [2.05, 4.69) is 58.9 Å². The smallest absolute Gasteiger partial charge is 0.397 e. The van der Waals surface area contributed by atoms with Crippen LogP contribution in [0, 0.1) is 11.8 Å². The summed E-state index contributed by atoms with van der Waals surface area (Å²) in [6.45, 7) is 12.9. The molecule has 0 fully saturated rings. The molecule has 0 heterocycles. The number of rotatable bonds is 23. The van der Waals surface area contributed by atoms with E-state index >= 15 is 0 Å². The summed E-state index contributed by atoms with van der Waals surface area (Å²) >= 11 is 0. The van der Waals surface area contributed by atoms with Gasteiger partial charge in [0.1, 0.15) is 5.75 Å². The minimum Gasteiger partial charge on any atom is -0.426 e. The lowest BCUT2D eigenvalue weighted by Crippen LogP contribution is -2.03. The summed E-state index contributed by atoms with van der Waals surface area (Å²) in [6.07, 6.45) is 18.6. The molecular weight excluding hydrogens is 439 g/mol. The standard InChI is InChI=1S/C30H55O3P/c1-6-7-8-9-10-15-22-29-23-16-17-24-30(29)33-34(31-25-18-11-13-20-27(2)3)32-26-19-12-14-21-28(4)5/h16-17,23-24,27-28H,6-15,18-22,25-26H2,1-5H3. The summed E-state index contributed by atoms with van der Waals surface area (Å²) in [7, 11) is -1.35. The molecule has 0 atom stereocenters. The van der Waals surface area contributed by atoms with Crippen molar-refractivity contribution in [3.05, 3.63) is 29.8 Å². The van der Waals surface area contributed by atoms with Gasteiger partial charge in [-0.05, 0) is 49.1 Å². The second kappa shape index (κ2) is 21.6. The van der Waals surface area contributed by atoms with E-state index in [0.717, 1.165) is 50.1 Å². The second-order valence-corrected chi connectivity index (χ2v) is 11.7. The van der Waals surface area contributed by atoms with Gasteiger partial charge in [-0.1, -0.05) is 123 Å². The number of hydrogen-bond donors (Lipinski definition) is 0. The van der Waals surface area contributed by atoms with Crippen molar-refractivity contribution in [1.29, 1.82) is 0 Å². The lowest BCUT2D eigenvalue weighted by molar-refractivity contribution is 0.198. The van der Waals surface area contributed by atoms with Gasteiger partial charge in [-0.25, -0.2) is 0 Å². The fourth-order valence-electron chi connectivity index (χ4n) is 4.01. The zero-order valence-electron chi connectivity index (χ0n) is 23.2. The molecular formula is C30H55O3P. The highest BCUT2D eigenvalue weighted by molar-refractivity contribution is 7.42. The van der Waals surface area contributed by atoms with Gasteiger partial charge in [0.05, 0.1) is 13.2 Å². The normalized spacial score (nSPS) is 11.8. The van der Waals surface area contributed by atoms with Crippen LogP contribution in [0.4, 0.5) is 0 Å². The van der Waals surface area contributed by atoms with E-state index in [0.29, 0.717) is 0 Å². The van der Waals surface area contributed by atoms with Crippen LogP contribution in [-0.4, -0.2) is 13.2 Å². The van der Waals surface area contributed by atoms with Gasteiger partial charge >= 0.3 is 8.60 Å². The molecule has 0 amide bonds. The van der Waals surface area contributed by atoms with Gasteiger partial charge in [-0.15, -0.1) is 0 Å². The Kier molecular flexibility index (Phi) is 20.0. The predicted molar refractivity (Wildman–Crippen MR) is 150 cm³/mol. The van der Waals surface area contributed by atoms with Crippen molar-refractivity contribution in [1.82, 2.24) is 0 Å². The lowest BCUT2D eigenvalue weighted by Gasteiger charge is -2.19. The Hall–Kier alpha value is -0.630. The Labute approximate surface area is 213 Å². The number of aryl methyl sites for hydroxylation is 1. The van der Waals surface area contributed by atoms with Crippen LogP contribution in [0.5, 0.6) is 5.75 Å². The number of benzene rings is 1. The highest BCUT2D eigenvalue weighted by atomic mass is 31.2. The third-order valence-electron chi connectivity index (χ3n) is 6.19. The summed E-state index contributed by atoms with van der Waals surface area (Å²) < 4.78 is 18.6. The first kappa shape index (κ1) is 31.4. The molecule has 0 radical (unpaired) electrons. The summed E-state index contributed by atoms with van der Waals surface area (Å²) in [5.74, 6) is 2.51. The van der Waals surface area contributed by atoms with E-state index < -0.39 is 8.60 Å². The fourth-order valence-corrected chi connectivity index (χ4v) is 5.08. The molecule has 198 valence electrons. The van der Waals surface area contributed by atoms with Crippen molar-refractivity contribution in [3.63, 3.8) is 0 Å². The maximum Gasteiger partial charge on any atom is 0.397 e. The maximum absolute atomic E-state index is 6.35. The highest BCUT2D eigenvalue weighted by Crippen LogP contribution is 2.42. The van der Waals surface area contributed by atoms with Crippen molar-refractivity contribution in [2.75, 3.05) is 13.2 Å². The van der Waals surface area contributed by atoms with Crippen LogP contribution in [0.15, 0.2) is 24.3 Å². The van der Waals surface area contributed by atoms with E-state index in [1.807, 2.05) is 0 Å².